The van der Waals surface area contributed by atoms with E-state index in [1.807, 2.05) is 26.0 Å². The predicted octanol–water partition coefficient (Wildman–Crippen LogP) is 3.14. The van der Waals surface area contributed by atoms with Crippen LogP contribution in [0.1, 0.15) is 60.3 Å². The van der Waals surface area contributed by atoms with Crippen molar-refractivity contribution in [3.8, 4) is 0 Å². The number of ether oxygens (including phenoxy) is 1. The zero-order valence-electron chi connectivity index (χ0n) is 19.8. The summed E-state index contributed by atoms with van der Waals surface area (Å²) in [6.07, 6.45) is 4.49. The van der Waals surface area contributed by atoms with E-state index >= 15 is 0 Å². The molecule has 0 heterocycles. The summed E-state index contributed by atoms with van der Waals surface area (Å²) in [4.78, 5) is 36.7. The Kier molecular flexibility index (Phi) is 8.82. The highest BCUT2D eigenvalue weighted by molar-refractivity contribution is 5.86. The monoisotopic (exact) mass is 450 g/mol. The predicted molar refractivity (Wildman–Crippen MR) is 120 cm³/mol. The maximum absolute atomic E-state index is 13.4. The van der Waals surface area contributed by atoms with Crippen LogP contribution in [-0.2, 0) is 19.1 Å². The molecule has 3 N–H and O–H groups in total. The van der Waals surface area contributed by atoms with E-state index in [1.165, 1.54) is 0 Å². The largest absolute Gasteiger partial charge is 0.478 e. The number of allylic oxidation sites excluding steroid dienone is 1. The number of carbonyl (C=O) groups excluding carboxylic acids is 2. The topological polar surface area (TPSA) is 121 Å². The Morgan fingerprint density at radius 1 is 1.28 bits per heavy atom. The smallest absolute Gasteiger partial charge is 0.328 e. The fraction of sp³-hybridized carbons (Fsp3) is 0.720. The lowest BCUT2D eigenvalue weighted by Crippen LogP contribution is -2.59. The summed E-state index contributed by atoms with van der Waals surface area (Å²) in [7, 11) is 0. The zero-order valence-corrected chi connectivity index (χ0v) is 19.8. The third-order valence-corrected chi connectivity index (χ3v) is 7.58. The second-order valence-corrected chi connectivity index (χ2v) is 9.82. The van der Waals surface area contributed by atoms with E-state index in [0.29, 0.717) is 12.0 Å². The number of hydrogen-bond donors (Lipinski definition) is 3. The van der Waals surface area contributed by atoms with E-state index in [2.05, 4.69) is 13.8 Å². The van der Waals surface area contributed by atoms with Crippen LogP contribution in [0.4, 0.5) is 0 Å². The summed E-state index contributed by atoms with van der Waals surface area (Å²) in [6, 6.07) is 0. The van der Waals surface area contributed by atoms with Crippen LogP contribution in [-0.4, -0.2) is 51.9 Å². The minimum Gasteiger partial charge on any atom is -0.478 e. The van der Waals surface area contributed by atoms with Crippen LogP contribution in [0.15, 0.2) is 23.8 Å². The first-order valence-electron chi connectivity index (χ1n) is 11.6. The number of fused-ring (bicyclic) bond motifs is 1. The molecule has 0 aromatic heterocycles. The van der Waals surface area contributed by atoms with Gasteiger partial charge in [0.05, 0.1) is 12.5 Å². The molecule has 0 spiro atoms. The number of esters is 1. The van der Waals surface area contributed by atoms with Gasteiger partial charge >= 0.3 is 11.9 Å². The van der Waals surface area contributed by atoms with E-state index in [-0.39, 0.29) is 54.8 Å². The summed E-state index contributed by atoms with van der Waals surface area (Å²) in [5.41, 5.74) is -0.391. The average molecular weight is 451 g/mol. The van der Waals surface area contributed by atoms with Gasteiger partial charge in [0.15, 0.2) is 0 Å². The van der Waals surface area contributed by atoms with Gasteiger partial charge in [0.2, 0.25) is 0 Å². The number of aliphatic hydroxyl groups is 2. The standard InChI is InChI=1S/C25H38O7/c1-6-15(3)18-8-7-17-23(25(18,5)20(28)9-10-26)16(4)13-19(27)24(17)32-22(31)12-14(2)11-21(29)30/h7-8,11,15-19,23-24,26-27H,6,9-10,12-13H2,1-5H3,(H,29,30). The van der Waals surface area contributed by atoms with Gasteiger partial charge in [0, 0.05) is 30.4 Å². The molecule has 0 bridgehead atoms. The number of carboxylic acid groups (broad SMARTS) is 1. The molecule has 2 aliphatic rings. The molecule has 7 heteroatoms. The molecule has 1 fully saturated rings. The van der Waals surface area contributed by atoms with Crippen LogP contribution in [0.5, 0.6) is 0 Å². The molecule has 32 heavy (non-hydrogen) atoms. The van der Waals surface area contributed by atoms with Gasteiger partial charge in [-0.3, -0.25) is 9.59 Å². The molecule has 0 amide bonds. The highest BCUT2D eigenvalue weighted by Gasteiger charge is 2.58. The van der Waals surface area contributed by atoms with Crippen molar-refractivity contribution in [1.29, 1.82) is 0 Å². The summed E-state index contributed by atoms with van der Waals surface area (Å²) in [5.74, 6) is -1.96. The Hall–Kier alpha value is -1.99. The normalized spacial score (nSPS) is 35.7. The molecule has 0 saturated heterocycles. The second-order valence-electron chi connectivity index (χ2n) is 9.82. The van der Waals surface area contributed by atoms with Gasteiger partial charge in [-0.15, -0.1) is 0 Å². The molecule has 2 rings (SSSR count). The average Bonchev–Trinajstić information content (AvgIpc) is 2.69. The molecule has 8 atom stereocenters. The summed E-state index contributed by atoms with van der Waals surface area (Å²) >= 11 is 0. The van der Waals surface area contributed by atoms with Crippen molar-refractivity contribution in [2.75, 3.05) is 6.61 Å². The number of aliphatic carboxylic acids is 1. The minimum absolute atomic E-state index is 0.00166. The van der Waals surface area contributed by atoms with Crippen molar-refractivity contribution in [1.82, 2.24) is 0 Å². The number of ketones is 1. The van der Waals surface area contributed by atoms with Gasteiger partial charge in [0.25, 0.3) is 0 Å². The highest BCUT2D eigenvalue weighted by atomic mass is 16.6. The molecule has 7 nitrogen and oxygen atoms in total. The van der Waals surface area contributed by atoms with Crippen molar-refractivity contribution in [2.45, 2.75) is 72.5 Å². The fourth-order valence-corrected chi connectivity index (χ4v) is 6.01. The summed E-state index contributed by atoms with van der Waals surface area (Å²) in [5, 5.41) is 29.1. The molecule has 0 aromatic carbocycles. The van der Waals surface area contributed by atoms with Crippen LogP contribution in [0.25, 0.3) is 0 Å². The van der Waals surface area contributed by atoms with E-state index in [9.17, 15) is 24.6 Å². The molecule has 180 valence electrons. The number of aliphatic hydroxyl groups excluding tert-OH is 2. The van der Waals surface area contributed by atoms with E-state index in [0.717, 1.165) is 12.5 Å². The van der Waals surface area contributed by atoms with Crippen LogP contribution in [0, 0.1) is 35.0 Å². The van der Waals surface area contributed by atoms with Gasteiger partial charge in [-0.25, -0.2) is 4.79 Å². The Balaban J connectivity index is 2.41. The van der Waals surface area contributed by atoms with Gasteiger partial charge in [-0.05, 0) is 37.0 Å². The van der Waals surface area contributed by atoms with Crippen molar-refractivity contribution in [3.05, 3.63) is 23.8 Å². The number of carbonyl (C=O) groups is 3. The maximum Gasteiger partial charge on any atom is 0.328 e. The number of Topliss-reactive ketones (excluding diaryl/α,β-unsaturated/α-hetero) is 1. The van der Waals surface area contributed by atoms with Crippen molar-refractivity contribution in [2.24, 2.45) is 35.0 Å². The van der Waals surface area contributed by atoms with Crippen LogP contribution in [0.2, 0.25) is 0 Å². The zero-order chi connectivity index (χ0) is 24.2. The Labute approximate surface area is 190 Å². The van der Waals surface area contributed by atoms with Crippen molar-refractivity contribution < 1.29 is 34.4 Å². The third-order valence-electron chi connectivity index (χ3n) is 7.58. The van der Waals surface area contributed by atoms with E-state index in [4.69, 9.17) is 9.84 Å². The summed E-state index contributed by atoms with van der Waals surface area (Å²) < 4.78 is 5.69. The number of carboxylic acids is 1. The first-order chi connectivity index (χ1) is 15.0. The van der Waals surface area contributed by atoms with Crippen LogP contribution >= 0.6 is 0 Å². The number of rotatable bonds is 9. The van der Waals surface area contributed by atoms with E-state index in [1.54, 1.807) is 6.92 Å². The Bertz CT molecular complexity index is 770. The molecule has 1 saturated carbocycles. The third kappa shape index (κ3) is 5.31. The highest BCUT2D eigenvalue weighted by Crippen LogP contribution is 2.56. The van der Waals surface area contributed by atoms with Gasteiger partial charge < -0.3 is 20.1 Å². The Morgan fingerprint density at radius 2 is 1.94 bits per heavy atom. The first-order valence-corrected chi connectivity index (χ1v) is 11.6. The second kappa shape index (κ2) is 10.8. The molecular weight excluding hydrogens is 412 g/mol. The molecule has 0 aromatic rings. The van der Waals surface area contributed by atoms with Crippen molar-refractivity contribution >= 4 is 17.7 Å². The lowest BCUT2D eigenvalue weighted by Gasteiger charge is -2.56. The molecule has 0 aliphatic heterocycles. The van der Waals surface area contributed by atoms with Crippen LogP contribution in [0.3, 0.4) is 0 Å². The fourth-order valence-electron chi connectivity index (χ4n) is 6.01. The molecular formula is C25H38O7. The quantitative estimate of drug-likeness (QED) is 0.280. The lowest BCUT2D eigenvalue weighted by atomic mass is 9.49. The Morgan fingerprint density at radius 3 is 2.50 bits per heavy atom. The van der Waals surface area contributed by atoms with Gasteiger partial charge in [0.1, 0.15) is 11.9 Å². The molecule has 8 unspecified atom stereocenters. The molecule has 2 aliphatic carbocycles. The summed E-state index contributed by atoms with van der Waals surface area (Å²) in [6.45, 7) is 9.53. The SMILES string of the molecule is CCC(C)C1C=CC2C(OC(=O)CC(C)=CC(=O)O)C(O)CC(C)C2C1(C)C(=O)CCO. The first kappa shape index (κ1) is 26.3. The van der Waals surface area contributed by atoms with Gasteiger partial charge in [-0.1, -0.05) is 51.8 Å². The number of hydrogen-bond acceptors (Lipinski definition) is 6. The lowest BCUT2D eigenvalue weighted by molar-refractivity contribution is -0.177. The minimum atomic E-state index is -1.13. The van der Waals surface area contributed by atoms with Crippen LogP contribution < -0.4 is 0 Å². The van der Waals surface area contributed by atoms with Gasteiger partial charge in [-0.2, -0.15) is 0 Å². The maximum atomic E-state index is 13.4. The molecule has 0 radical (unpaired) electrons. The van der Waals surface area contributed by atoms with E-state index < -0.39 is 29.6 Å². The van der Waals surface area contributed by atoms with Crippen molar-refractivity contribution in [3.63, 3.8) is 0 Å².